The Morgan fingerprint density at radius 3 is 1.74 bits per heavy atom. The van der Waals surface area contributed by atoms with Crippen molar-refractivity contribution in [2.45, 2.75) is 76.3 Å². The normalized spacial score (nSPS) is 15.3. The lowest BCUT2D eigenvalue weighted by molar-refractivity contribution is -0.144. The summed E-state index contributed by atoms with van der Waals surface area (Å²) in [5, 5.41) is 47.1. The summed E-state index contributed by atoms with van der Waals surface area (Å²) in [6.45, 7) is 3.76. The SMILES string of the molecule is CC(C)C[C@H](NC(=O)[C@H](CC(=O)O)NC(=O)[C@H](CO)NC(=O)[C@H](Cc1ccc(I)cc1)NC(=O)[C@@H](N)[C@@H](C)O)C(=O)O. The number of aliphatic hydroxyl groups excluding tert-OH is 2. The molecular weight excluding hydrogens is 669 g/mol. The Morgan fingerprint density at radius 1 is 0.786 bits per heavy atom. The molecule has 6 atom stereocenters. The van der Waals surface area contributed by atoms with Crippen LogP contribution in [-0.4, -0.2) is 98.9 Å². The van der Waals surface area contributed by atoms with Crippen LogP contribution in [0.1, 0.15) is 39.2 Å². The maximum atomic E-state index is 13.2. The van der Waals surface area contributed by atoms with Crippen LogP contribution in [0.15, 0.2) is 24.3 Å². The minimum atomic E-state index is -1.73. The third-order valence-corrected chi connectivity index (χ3v) is 6.68. The molecule has 0 heterocycles. The van der Waals surface area contributed by atoms with Crippen molar-refractivity contribution in [1.82, 2.24) is 21.3 Å². The summed E-state index contributed by atoms with van der Waals surface area (Å²) in [6, 6.07) is -0.503. The van der Waals surface area contributed by atoms with E-state index in [4.69, 9.17) is 5.73 Å². The molecule has 0 saturated carbocycles. The number of carbonyl (C=O) groups excluding carboxylic acids is 4. The molecule has 0 radical (unpaired) electrons. The molecule has 42 heavy (non-hydrogen) atoms. The van der Waals surface area contributed by atoms with Gasteiger partial charge in [-0.15, -0.1) is 0 Å². The van der Waals surface area contributed by atoms with Crippen LogP contribution in [0.25, 0.3) is 0 Å². The Labute approximate surface area is 256 Å². The topological polar surface area (TPSA) is 257 Å². The lowest BCUT2D eigenvalue weighted by atomic mass is 10.0. The van der Waals surface area contributed by atoms with Crippen molar-refractivity contribution in [3.8, 4) is 0 Å². The van der Waals surface area contributed by atoms with E-state index in [2.05, 4.69) is 43.9 Å². The van der Waals surface area contributed by atoms with Crippen LogP contribution in [-0.2, 0) is 35.2 Å². The van der Waals surface area contributed by atoms with E-state index in [1.165, 1.54) is 6.92 Å². The highest BCUT2D eigenvalue weighted by molar-refractivity contribution is 14.1. The molecule has 0 spiro atoms. The molecule has 10 N–H and O–H groups in total. The molecule has 0 unspecified atom stereocenters. The molecule has 16 heteroatoms. The first-order valence-electron chi connectivity index (χ1n) is 13.0. The van der Waals surface area contributed by atoms with Crippen LogP contribution in [0.2, 0.25) is 0 Å². The van der Waals surface area contributed by atoms with Gasteiger partial charge in [-0.25, -0.2) is 4.79 Å². The third-order valence-electron chi connectivity index (χ3n) is 5.96. The van der Waals surface area contributed by atoms with E-state index in [1.807, 2.05) is 0 Å². The van der Waals surface area contributed by atoms with Crippen molar-refractivity contribution >= 4 is 58.2 Å². The Bertz CT molecular complexity index is 1120. The third kappa shape index (κ3) is 12.7. The van der Waals surface area contributed by atoms with Crippen LogP contribution in [0, 0.1) is 9.49 Å². The molecule has 1 aromatic carbocycles. The monoisotopic (exact) mass is 707 g/mol. The van der Waals surface area contributed by atoms with Crippen LogP contribution < -0.4 is 27.0 Å². The number of nitrogens with two attached hydrogens (primary N) is 1. The van der Waals surface area contributed by atoms with E-state index >= 15 is 0 Å². The zero-order valence-electron chi connectivity index (χ0n) is 23.4. The average Bonchev–Trinajstić information content (AvgIpc) is 2.90. The number of amides is 4. The fourth-order valence-electron chi connectivity index (χ4n) is 3.64. The lowest BCUT2D eigenvalue weighted by Crippen LogP contribution is -2.60. The van der Waals surface area contributed by atoms with Gasteiger partial charge in [-0.1, -0.05) is 26.0 Å². The molecule has 0 fully saturated rings. The maximum Gasteiger partial charge on any atom is 0.326 e. The Kier molecular flexibility index (Phi) is 15.3. The van der Waals surface area contributed by atoms with Crippen molar-refractivity contribution < 1.29 is 49.2 Å². The summed E-state index contributed by atoms with van der Waals surface area (Å²) in [6.07, 6.45) is -2.17. The second-order valence-corrected chi connectivity index (χ2v) is 11.3. The molecule has 4 amide bonds. The van der Waals surface area contributed by atoms with Crippen molar-refractivity contribution in [1.29, 1.82) is 0 Å². The predicted molar refractivity (Wildman–Crippen MR) is 157 cm³/mol. The minimum absolute atomic E-state index is 0.0382. The van der Waals surface area contributed by atoms with Crippen LogP contribution in [0.5, 0.6) is 0 Å². The summed E-state index contributed by atoms with van der Waals surface area (Å²) in [5.74, 6) is -6.96. The number of hydrogen-bond acceptors (Lipinski definition) is 9. The number of carbonyl (C=O) groups is 6. The number of nitrogens with one attached hydrogen (secondary N) is 4. The van der Waals surface area contributed by atoms with Crippen LogP contribution >= 0.6 is 22.6 Å². The van der Waals surface area contributed by atoms with E-state index in [1.54, 1.807) is 38.1 Å². The largest absolute Gasteiger partial charge is 0.481 e. The lowest BCUT2D eigenvalue weighted by Gasteiger charge is -2.26. The quantitative estimate of drug-likeness (QED) is 0.0807. The summed E-state index contributed by atoms with van der Waals surface area (Å²) >= 11 is 2.08. The molecule has 15 nitrogen and oxygen atoms in total. The fraction of sp³-hybridized carbons (Fsp3) is 0.538. The molecule has 0 aromatic heterocycles. The summed E-state index contributed by atoms with van der Waals surface area (Å²) in [4.78, 5) is 74.2. The van der Waals surface area contributed by atoms with Gasteiger partial charge < -0.3 is 47.4 Å². The van der Waals surface area contributed by atoms with Crippen LogP contribution in [0.4, 0.5) is 0 Å². The number of benzene rings is 1. The van der Waals surface area contributed by atoms with Crippen molar-refractivity contribution in [3.63, 3.8) is 0 Å². The van der Waals surface area contributed by atoms with Gasteiger partial charge in [-0.2, -0.15) is 0 Å². The maximum absolute atomic E-state index is 13.2. The zero-order chi connectivity index (χ0) is 32.1. The molecule has 0 aliphatic heterocycles. The number of rotatable bonds is 17. The first kappa shape index (κ1) is 36.7. The average molecular weight is 708 g/mol. The Hall–Kier alpha value is -3.35. The van der Waals surface area contributed by atoms with Gasteiger partial charge in [0.15, 0.2) is 0 Å². The van der Waals surface area contributed by atoms with E-state index in [-0.39, 0.29) is 18.8 Å². The number of hydrogen-bond donors (Lipinski definition) is 9. The number of carboxylic acids is 2. The first-order valence-corrected chi connectivity index (χ1v) is 14.1. The zero-order valence-corrected chi connectivity index (χ0v) is 25.5. The second kappa shape index (κ2) is 17.6. The predicted octanol–water partition coefficient (Wildman–Crippen LogP) is -1.92. The summed E-state index contributed by atoms with van der Waals surface area (Å²) in [7, 11) is 0. The van der Waals surface area contributed by atoms with E-state index < -0.39 is 84.9 Å². The van der Waals surface area contributed by atoms with E-state index in [9.17, 15) is 49.2 Å². The molecule has 0 aliphatic rings. The fourth-order valence-corrected chi connectivity index (χ4v) is 4.00. The molecule has 0 saturated heterocycles. The number of carboxylic acid groups (broad SMARTS) is 2. The number of aliphatic hydroxyl groups is 2. The highest BCUT2D eigenvalue weighted by Gasteiger charge is 2.33. The molecule has 0 aliphatic carbocycles. The standard InChI is InChI=1S/C26H38IN5O10/c1-12(2)8-18(26(41)42)31-23(38)17(10-20(35)36)29-24(39)19(11-33)32-22(37)16(30-25(40)21(28)13(3)34)9-14-4-6-15(27)7-5-14/h4-7,12-13,16-19,21,33-34H,8-11,28H2,1-3H3,(H,29,39)(H,30,40)(H,31,38)(H,32,37)(H,35,36)(H,41,42)/t13-,16+,17+,18+,19+,21+/m1/s1. The summed E-state index contributed by atoms with van der Waals surface area (Å²) in [5.41, 5.74) is 6.30. The smallest absolute Gasteiger partial charge is 0.326 e. The first-order chi connectivity index (χ1) is 19.5. The number of halogens is 1. The van der Waals surface area contributed by atoms with Gasteiger partial charge in [-0.05, 0) is 59.5 Å². The van der Waals surface area contributed by atoms with Crippen molar-refractivity contribution in [3.05, 3.63) is 33.4 Å². The van der Waals surface area contributed by atoms with Gasteiger partial charge in [-0.3, -0.25) is 24.0 Å². The highest BCUT2D eigenvalue weighted by atomic mass is 127. The highest BCUT2D eigenvalue weighted by Crippen LogP contribution is 2.10. The molecule has 0 bridgehead atoms. The van der Waals surface area contributed by atoms with Gasteiger partial charge in [0.25, 0.3) is 0 Å². The Morgan fingerprint density at radius 2 is 1.26 bits per heavy atom. The van der Waals surface area contributed by atoms with Gasteiger partial charge in [0.05, 0.1) is 19.1 Å². The van der Waals surface area contributed by atoms with Gasteiger partial charge >= 0.3 is 11.9 Å². The van der Waals surface area contributed by atoms with Gasteiger partial charge in [0.2, 0.25) is 23.6 Å². The summed E-state index contributed by atoms with van der Waals surface area (Å²) < 4.78 is 0.911. The van der Waals surface area contributed by atoms with Crippen LogP contribution in [0.3, 0.4) is 0 Å². The number of aliphatic carboxylic acids is 2. The molecule has 1 aromatic rings. The molecule has 234 valence electrons. The van der Waals surface area contributed by atoms with Crippen molar-refractivity contribution in [2.75, 3.05) is 6.61 Å². The minimum Gasteiger partial charge on any atom is -0.481 e. The van der Waals surface area contributed by atoms with E-state index in [0.717, 1.165) is 3.57 Å². The van der Waals surface area contributed by atoms with Gasteiger partial charge in [0, 0.05) is 9.99 Å². The molecular formula is C26H38IN5O10. The second-order valence-electron chi connectivity index (χ2n) is 10.1. The Balaban J connectivity index is 3.12. The molecule has 1 rings (SSSR count). The van der Waals surface area contributed by atoms with E-state index in [0.29, 0.717) is 5.56 Å². The van der Waals surface area contributed by atoms with Crippen molar-refractivity contribution in [2.24, 2.45) is 11.7 Å². The van der Waals surface area contributed by atoms with Gasteiger partial charge in [0.1, 0.15) is 30.2 Å².